The van der Waals surface area contributed by atoms with Crippen LogP contribution in [0.1, 0.15) is 51.8 Å². The van der Waals surface area contributed by atoms with Crippen molar-refractivity contribution in [2.75, 3.05) is 11.9 Å². The van der Waals surface area contributed by atoms with Gasteiger partial charge in [-0.05, 0) is 60.2 Å². The Morgan fingerprint density at radius 3 is 2.73 bits per heavy atom. The molecule has 0 saturated heterocycles. The molecule has 6 nitrogen and oxygen atoms in total. The van der Waals surface area contributed by atoms with Gasteiger partial charge in [0.2, 0.25) is 5.91 Å². The molecule has 33 heavy (non-hydrogen) atoms. The summed E-state index contributed by atoms with van der Waals surface area (Å²) in [5, 5.41) is 12.0. The van der Waals surface area contributed by atoms with Crippen molar-refractivity contribution in [1.82, 2.24) is 9.88 Å². The van der Waals surface area contributed by atoms with Gasteiger partial charge in [-0.15, -0.1) is 0 Å². The molecule has 5 rings (SSSR count). The molecule has 2 heterocycles. The second-order valence-electron chi connectivity index (χ2n) is 8.49. The number of carbonyl (C=O) groups excluding carboxylic acids is 2. The minimum Gasteiger partial charge on any atom is -0.330 e. The predicted octanol–water partition coefficient (Wildman–Crippen LogP) is 4.42. The summed E-state index contributed by atoms with van der Waals surface area (Å²) in [5.41, 5.74) is 2.11. The molecule has 2 atom stereocenters. The fraction of sp³-hybridized carbons (Fsp3) is 0.231. The minimum atomic E-state index is -0.697. The first-order valence-electron chi connectivity index (χ1n) is 10.9. The number of aromatic nitrogens is 1. The second-order valence-corrected chi connectivity index (χ2v) is 8.49. The van der Waals surface area contributed by atoms with Crippen molar-refractivity contribution in [1.29, 1.82) is 5.26 Å². The molecule has 1 aliphatic heterocycles. The highest BCUT2D eigenvalue weighted by atomic mass is 19.1. The SMILES string of the molecule is N#Cc1cc(NC(=O)C2c3ccccc3C(=O)N(CC3CC3)C2c2cccnc2)ccc1F. The number of pyridine rings is 1. The lowest BCUT2D eigenvalue weighted by molar-refractivity contribution is -0.119. The Morgan fingerprint density at radius 1 is 1.18 bits per heavy atom. The van der Waals surface area contributed by atoms with Crippen molar-refractivity contribution in [3.05, 3.63) is 95.1 Å². The lowest BCUT2D eigenvalue weighted by Gasteiger charge is -2.41. The zero-order chi connectivity index (χ0) is 22.9. The van der Waals surface area contributed by atoms with Crippen LogP contribution in [-0.2, 0) is 4.79 Å². The number of rotatable bonds is 5. The van der Waals surface area contributed by atoms with E-state index in [2.05, 4.69) is 10.3 Å². The normalized spacial score (nSPS) is 19.5. The van der Waals surface area contributed by atoms with Crippen molar-refractivity contribution in [3.8, 4) is 6.07 Å². The summed E-state index contributed by atoms with van der Waals surface area (Å²) in [6.07, 6.45) is 5.48. The Hall–Kier alpha value is -4.05. The highest BCUT2D eigenvalue weighted by molar-refractivity contribution is 6.04. The maximum atomic E-state index is 13.8. The fourth-order valence-electron chi connectivity index (χ4n) is 4.49. The Bertz CT molecular complexity index is 1270. The van der Waals surface area contributed by atoms with Crippen molar-refractivity contribution < 1.29 is 14.0 Å². The van der Waals surface area contributed by atoms with Gasteiger partial charge in [0.1, 0.15) is 11.9 Å². The third-order valence-corrected chi connectivity index (χ3v) is 6.25. The molecule has 1 N–H and O–H groups in total. The smallest absolute Gasteiger partial charge is 0.254 e. The number of nitriles is 1. The molecule has 1 aromatic heterocycles. The van der Waals surface area contributed by atoms with Crippen molar-refractivity contribution in [2.45, 2.75) is 24.8 Å². The Balaban J connectivity index is 1.60. The van der Waals surface area contributed by atoms with Crippen LogP contribution >= 0.6 is 0 Å². The largest absolute Gasteiger partial charge is 0.330 e. The third kappa shape index (κ3) is 3.96. The van der Waals surface area contributed by atoms with Crippen LogP contribution in [0.3, 0.4) is 0 Å². The third-order valence-electron chi connectivity index (χ3n) is 6.25. The van der Waals surface area contributed by atoms with Gasteiger partial charge in [0.05, 0.1) is 17.5 Å². The first kappa shape index (κ1) is 20.8. The maximum Gasteiger partial charge on any atom is 0.254 e. The zero-order valence-electron chi connectivity index (χ0n) is 17.7. The van der Waals surface area contributed by atoms with Crippen LogP contribution in [0, 0.1) is 23.1 Å². The lowest BCUT2D eigenvalue weighted by atomic mass is 9.79. The average Bonchev–Trinajstić information content (AvgIpc) is 3.66. The number of nitrogens with one attached hydrogen (secondary N) is 1. The van der Waals surface area contributed by atoms with Crippen LogP contribution in [0.2, 0.25) is 0 Å². The van der Waals surface area contributed by atoms with Crippen LogP contribution in [0.25, 0.3) is 0 Å². The number of fused-ring (bicyclic) bond motifs is 1. The molecule has 3 aromatic rings. The summed E-state index contributed by atoms with van der Waals surface area (Å²) in [4.78, 5) is 33.2. The van der Waals surface area contributed by atoms with Crippen LogP contribution in [0.4, 0.5) is 10.1 Å². The molecule has 7 heteroatoms. The molecule has 2 unspecified atom stereocenters. The summed E-state index contributed by atoms with van der Waals surface area (Å²) < 4.78 is 13.8. The molecule has 2 aliphatic rings. The molecular weight excluding hydrogens is 419 g/mol. The van der Waals surface area contributed by atoms with Crippen molar-refractivity contribution in [2.24, 2.45) is 5.92 Å². The molecule has 0 bridgehead atoms. The van der Waals surface area contributed by atoms with Crippen LogP contribution in [0.15, 0.2) is 67.0 Å². The number of benzene rings is 2. The first-order valence-corrected chi connectivity index (χ1v) is 10.9. The van der Waals surface area contributed by atoms with E-state index in [-0.39, 0.29) is 17.4 Å². The molecule has 2 amide bonds. The summed E-state index contributed by atoms with van der Waals surface area (Å²) in [6.45, 7) is 0.575. The van der Waals surface area contributed by atoms with E-state index in [4.69, 9.17) is 5.26 Å². The van der Waals surface area contributed by atoms with Gasteiger partial charge >= 0.3 is 0 Å². The molecule has 1 aliphatic carbocycles. The van der Waals surface area contributed by atoms with E-state index in [1.807, 2.05) is 12.1 Å². The fourth-order valence-corrected chi connectivity index (χ4v) is 4.49. The van der Waals surface area contributed by atoms with E-state index < -0.39 is 17.8 Å². The Kier molecular flexibility index (Phi) is 5.35. The van der Waals surface area contributed by atoms with Gasteiger partial charge in [-0.1, -0.05) is 24.3 Å². The Labute approximate surface area is 190 Å². The van der Waals surface area contributed by atoms with Crippen LogP contribution in [0.5, 0.6) is 0 Å². The van der Waals surface area contributed by atoms with Crippen LogP contribution in [-0.4, -0.2) is 28.2 Å². The molecule has 0 spiro atoms. The van der Waals surface area contributed by atoms with Gasteiger partial charge in [-0.25, -0.2) is 4.39 Å². The van der Waals surface area contributed by atoms with Crippen LogP contribution < -0.4 is 5.32 Å². The van der Waals surface area contributed by atoms with Gasteiger partial charge in [0, 0.05) is 30.2 Å². The zero-order valence-corrected chi connectivity index (χ0v) is 17.7. The molecule has 1 fully saturated rings. The van der Waals surface area contributed by atoms with E-state index in [0.29, 0.717) is 29.3 Å². The van der Waals surface area contributed by atoms with E-state index >= 15 is 0 Å². The van der Waals surface area contributed by atoms with Crippen molar-refractivity contribution >= 4 is 17.5 Å². The number of amides is 2. The summed E-state index contributed by atoms with van der Waals surface area (Å²) >= 11 is 0. The highest BCUT2D eigenvalue weighted by Gasteiger charge is 2.45. The molecular formula is C26H21FN4O2. The highest BCUT2D eigenvalue weighted by Crippen LogP contribution is 2.45. The predicted molar refractivity (Wildman–Crippen MR) is 120 cm³/mol. The Morgan fingerprint density at radius 2 is 2.00 bits per heavy atom. The average molecular weight is 440 g/mol. The van der Waals surface area contributed by atoms with E-state index in [9.17, 15) is 14.0 Å². The number of hydrogen-bond donors (Lipinski definition) is 1. The standard InChI is InChI=1S/C26H21FN4O2/c27-22-10-9-19(12-18(22)13-28)30-25(32)23-20-5-1-2-6-21(20)26(33)31(15-16-7-8-16)24(23)17-4-3-11-29-14-17/h1-6,9-12,14,16,23-24H,7-8,15H2,(H,30,32). The van der Waals surface area contributed by atoms with Crippen molar-refractivity contribution in [3.63, 3.8) is 0 Å². The number of carbonyl (C=O) groups is 2. The maximum absolute atomic E-state index is 13.8. The monoisotopic (exact) mass is 440 g/mol. The molecule has 1 saturated carbocycles. The molecule has 164 valence electrons. The van der Waals surface area contributed by atoms with E-state index in [0.717, 1.165) is 24.5 Å². The summed E-state index contributed by atoms with van der Waals surface area (Å²) in [6, 6.07) is 16.0. The van der Waals surface area contributed by atoms with Gasteiger partial charge in [0.15, 0.2) is 0 Å². The van der Waals surface area contributed by atoms with Gasteiger partial charge in [-0.3, -0.25) is 14.6 Å². The first-order chi connectivity index (χ1) is 16.1. The van der Waals surface area contributed by atoms with E-state index in [1.54, 1.807) is 47.6 Å². The molecule has 0 radical (unpaired) electrons. The second kappa shape index (κ2) is 8.47. The molecule has 2 aromatic carbocycles. The topological polar surface area (TPSA) is 86.1 Å². The lowest BCUT2D eigenvalue weighted by Crippen LogP contribution is -2.47. The number of hydrogen-bond acceptors (Lipinski definition) is 4. The van der Waals surface area contributed by atoms with E-state index in [1.165, 1.54) is 12.1 Å². The van der Waals surface area contributed by atoms with Gasteiger partial charge in [0.25, 0.3) is 5.91 Å². The van der Waals surface area contributed by atoms with Gasteiger partial charge < -0.3 is 10.2 Å². The summed E-state index contributed by atoms with van der Waals surface area (Å²) in [7, 11) is 0. The summed E-state index contributed by atoms with van der Waals surface area (Å²) in [5.74, 6) is -1.34. The number of nitrogens with zero attached hydrogens (tertiary/aromatic N) is 3. The van der Waals surface area contributed by atoms with Gasteiger partial charge in [-0.2, -0.15) is 5.26 Å². The number of anilines is 1. The quantitative estimate of drug-likeness (QED) is 0.636. The number of halogens is 1. The minimum absolute atomic E-state index is 0.0936.